The van der Waals surface area contributed by atoms with Gasteiger partial charge in [-0.25, -0.2) is 0 Å². The van der Waals surface area contributed by atoms with E-state index in [4.69, 9.17) is 0 Å². The third-order valence-corrected chi connectivity index (χ3v) is 2.46. The van der Waals surface area contributed by atoms with Crippen LogP contribution >= 0.6 is 11.8 Å². The largest absolute Gasteiger partial charge is 0.161 e. The molecule has 1 heterocycles. The van der Waals surface area contributed by atoms with Gasteiger partial charge < -0.3 is 0 Å². The van der Waals surface area contributed by atoms with Crippen LogP contribution in [0.2, 0.25) is 0 Å². The molecule has 0 bridgehead atoms. The molecule has 0 N–H and O–H groups in total. The fraction of sp³-hybridized carbons (Fsp3) is 0.800. The van der Waals surface area contributed by atoms with Gasteiger partial charge in [0.1, 0.15) is 0 Å². The van der Waals surface area contributed by atoms with E-state index in [0.29, 0.717) is 0 Å². The van der Waals surface area contributed by atoms with E-state index in [-0.39, 0.29) is 0 Å². The molecule has 1 radical (unpaired) electrons. The lowest BCUT2D eigenvalue weighted by Gasteiger charge is -2.22. The van der Waals surface area contributed by atoms with E-state index in [0.717, 1.165) is 5.92 Å². The highest BCUT2D eigenvalue weighted by Gasteiger charge is 2.14. The van der Waals surface area contributed by atoms with E-state index in [1.165, 1.54) is 11.5 Å². The van der Waals surface area contributed by atoms with Crippen molar-refractivity contribution in [2.75, 3.05) is 11.5 Å². The minimum atomic E-state index is 0.954. The van der Waals surface area contributed by atoms with Crippen LogP contribution in [0.1, 0.15) is 6.92 Å². The molecule has 1 rings (SSSR count). The molecule has 0 amide bonds. The van der Waals surface area contributed by atoms with Crippen molar-refractivity contribution < 1.29 is 0 Å². The van der Waals surface area contributed by atoms with Gasteiger partial charge >= 0.3 is 0 Å². The molecule has 0 spiro atoms. The molecule has 6 heavy (non-hydrogen) atoms. The first-order valence-electron chi connectivity index (χ1n) is 2.30. The third-order valence-electron chi connectivity index (χ3n) is 1.14. The highest BCUT2D eigenvalue weighted by Crippen LogP contribution is 2.25. The van der Waals surface area contributed by atoms with Gasteiger partial charge in [-0.3, -0.25) is 0 Å². The summed E-state index contributed by atoms with van der Waals surface area (Å²) in [5.74, 6) is 3.70. The molecule has 0 unspecified atom stereocenters. The van der Waals surface area contributed by atoms with Crippen LogP contribution < -0.4 is 0 Å². The Balaban J connectivity index is 2.01. The Morgan fingerprint density at radius 2 is 2.33 bits per heavy atom. The quantitative estimate of drug-likeness (QED) is 0.483. The van der Waals surface area contributed by atoms with Crippen LogP contribution in [-0.4, -0.2) is 11.5 Å². The maximum atomic E-state index is 2.29. The Kier molecular flexibility index (Phi) is 1.41. The van der Waals surface area contributed by atoms with Gasteiger partial charge in [-0.05, 0) is 23.8 Å². The second kappa shape index (κ2) is 1.87. The minimum Gasteiger partial charge on any atom is -0.161 e. The molecule has 0 atom stereocenters. The van der Waals surface area contributed by atoms with Crippen LogP contribution in [0, 0.1) is 12.3 Å². The molecule has 1 heteroatoms. The first-order chi connectivity index (χ1) is 2.93. The summed E-state index contributed by atoms with van der Waals surface area (Å²) in [5, 5.41) is 0. The van der Waals surface area contributed by atoms with E-state index in [1.54, 1.807) is 0 Å². The molecule has 0 aliphatic carbocycles. The molecule has 0 nitrogen and oxygen atoms in total. The van der Waals surface area contributed by atoms with E-state index in [2.05, 4.69) is 13.3 Å². The lowest BCUT2D eigenvalue weighted by Crippen LogP contribution is -2.16. The lowest BCUT2D eigenvalue weighted by atomic mass is 10.1. The lowest BCUT2D eigenvalue weighted by molar-refractivity contribution is 0.748. The normalized spacial score (nSPS) is 23.5. The summed E-state index contributed by atoms with van der Waals surface area (Å²) < 4.78 is 0. The van der Waals surface area contributed by atoms with Gasteiger partial charge in [0.05, 0.1) is 0 Å². The molecule has 35 valence electrons. The topological polar surface area (TPSA) is 0 Å². The highest BCUT2D eigenvalue weighted by molar-refractivity contribution is 8.00. The molecule has 1 aliphatic rings. The van der Waals surface area contributed by atoms with Crippen molar-refractivity contribution in [3.05, 3.63) is 6.42 Å². The molecule has 1 fully saturated rings. The number of thioether (sulfide) groups is 1. The summed E-state index contributed by atoms with van der Waals surface area (Å²) in [6.07, 6.45) is 2.29. The van der Waals surface area contributed by atoms with Crippen LogP contribution in [0.4, 0.5) is 0 Å². The summed E-state index contributed by atoms with van der Waals surface area (Å²) in [4.78, 5) is 0. The molecule has 0 aromatic rings. The molecule has 1 aliphatic heterocycles. The third kappa shape index (κ3) is 0.700. The number of hydrogen-bond acceptors (Lipinski definition) is 1. The maximum absolute atomic E-state index is 2.29. The summed E-state index contributed by atoms with van der Waals surface area (Å²) >= 11 is 2.04. The van der Waals surface area contributed by atoms with Crippen molar-refractivity contribution in [3.8, 4) is 0 Å². The Morgan fingerprint density at radius 3 is 2.33 bits per heavy atom. The van der Waals surface area contributed by atoms with E-state index >= 15 is 0 Å². The average molecular weight is 101 g/mol. The monoisotopic (exact) mass is 101 g/mol. The average Bonchev–Trinajstić information content (AvgIpc) is 1.31. The van der Waals surface area contributed by atoms with E-state index < -0.39 is 0 Å². The zero-order chi connectivity index (χ0) is 4.41. The van der Waals surface area contributed by atoms with Gasteiger partial charge in [0.25, 0.3) is 0 Å². The Morgan fingerprint density at radius 1 is 1.67 bits per heavy atom. The van der Waals surface area contributed by atoms with Crippen LogP contribution in [0.25, 0.3) is 0 Å². The second-order valence-corrected chi connectivity index (χ2v) is 2.71. The van der Waals surface area contributed by atoms with Crippen LogP contribution in [0.5, 0.6) is 0 Å². The Bertz CT molecular complexity index is 36.4. The summed E-state index contributed by atoms with van der Waals surface area (Å²) in [6.45, 7) is 2.14. The first kappa shape index (κ1) is 4.51. The number of rotatable bonds is 1. The van der Waals surface area contributed by atoms with E-state index in [9.17, 15) is 0 Å². The van der Waals surface area contributed by atoms with Gasteiger partial charge in [0, 0.05) is 0 Å². The summed E-state index contributed by atoms with van der Waals surface area (Å²) in [5.41, 5.74) is 0. The van der Waals surface area contributed by atoms with Gasteiger partial charge in [-0.2, -0.15) is 11.8 Å². The smallest absolute Gasteiger partial charge is 0.00285 e. The Hall–Kier alpha value is 0.350. The van der Waals surface area contributed by atoms with Gasteiger partial charge in [0.2, 0.25) is 0 Å². The molecule has 0 aromatic heterocycles. The van der Waals surface area contributed by atoms with Crippen LogP contribution in [0.15, 0.2) is 0 Å². The molecule has 0 saturated carbocycles. The van der Waals surface area contributed by atoms with E-state index in [1.807, 2.05) is 11.8 Å². The zero-order valence-corrected chi connectivity index (χ0v) is 4.79. The maximum Gasteiger partial charge on any atom is -0.00285 e. The van der Waals surface area contributed by atoms with Crippen LogP contribution in [-0.2, 0) is 0 Å². The van der Waals surface area contributed by atoms with Crippen LogP contribution in [0.3, 0.4) is 0 Å². The Labute approximate surface area is 43.3 Å². The van der Waals surface area contributed by atoms with Crippen molar-refractivity contribution in [1.82, 2.24) is 0 Å². The number of hydrogen-bond donors (Lipinski definition) is 0. The highest BCUT2D eigenvalue weighted by atomic mass is 32.2. The molecular weight excluding hydrogens is 92.1 g/mol. The predicted molar refractivity (Wildman–Crippen MR) is 30.8 cm³/mol. The second-order valence-electron chi connectivity index (χ2n) is 1.63. The van der Waals surface area contributed by atoms with Crippen molar-refractivity contribution >= 4 is 11.8 Å². The van der Waals surface area contributed by atoms with Gasteiger partial charge in [-0.15, -0.1) is 0 Å². The van der Waals surface area contributed by atoms with Crippen molar-refractivity contribution in [3.63, 3.8) is 0 Å². The summed E-state index contributed by atoms with van der Waals surface area (Å²) in [6, 6.07) is 0. The summed E-state index contributed by atoms with van der Waals surface area (Å²) in [7, 11) is 0. The fourth-order valence-corrected chi connectivity index (χ4v) is 1.34. The fourth-order valence-electron chi connectivity index (χ4n) is 0.446. The molecular formula is C5H9S. The molecule has 1 saturated heterocycles. The van der Waals surface area contributed by atoms with Gasteiger partial charge in [0.15, 0.2) is 0 Å². The van der Waals surface area contributed by atoms with Crippen molar-refractivity contribution in [2.45, 2.75) is 6.92 Å². The van der Waals surface area contributed by atoms with Crippen molar-refractivity contribution in [2.24, 2.45) is 5.92 Å². The zero-order valence-electron chi connectivity index (χ0n) is 3.98. The van der Waals surface area contributed by atoms with Gasteiger partial charge in [-0.1, -0.05) is 6.92 Å². The SMILES string of the molecule is C[CH]C1CSC1. The molecule has 0 aromatic carbocycles. The predicted octanol–water partition coefficient (Wildman–Crippen LogP) is 1.57. The standard InChI is InChI=1S/C5H9S/c1-2-5-3-6-4-5/h2,5H,3-4H2,1H3. The minimum absolute atomic E-state index is 0.954. The van der Waals surface area contributed by atoms with Crippen molar-refractivity contribution in [1.29, 1.82) is 0 Å². The first-order valence-corrected chi connectivity index (χ1v) is 3.46.